The number of amides is 1. The number of aliphatic hydroxyl groups is 1. The van der Waals surface area contributed by atoms with Gasteiger partial charge in [0.05, 0.1) is 11.7 Å². The second-order valence-electron chi connectivity index (χ2n) is 6.47. The maximum Gasteiger partial charge on any atom is 0.433 e. The molecule has 1 saturated carbocycles. The summed E-state index contributed by atoms with van der Waals surface area (Å²) < 4.78 is 4.82. The number of carbonyl (C=O) groups excluding carboxylic acids is 1. The summed E-state index contributed by atoms with van der Waals surface area (Å²) in [6.45, 7) is 4.44. The Hall–Kier alpha value is -1.89. The molecule has 0 spiro atoms. The summed E-state index contributed by atoms with van der Waals surface area (Å²) in [6.07, 6.45) is 3.04. The molecule has 1 aliphatic rings. The van der Waals surface area contributed by atoms with Gasteiger partial charge in [0, 0.05) is 6.54 Å². The molecular weight excluding hydrogens is 276 g/mol. The molecule has 2 N–H and O–H groups in total. The van der Waals surface area contributed by atoms with Gasteiger partial charge in [-0.05, 0) is 37.2 Å². The maximum absolute atomic E-state index is 11.9. The van der Waals surface area contributed by atoms with Crippen molar-refractivity contribution in [2.45, 2.75) is 45.1 Å². The zero-order valence-electron chi connectivity index (χ0n) is 12.2. The third-order valence-electron chi connectivity index (χ3n) is 4.11. The second kappa shape index (κ2) is 5.48. The number of carbonyl (C=O) groups is 1. The number of furan rings is 1. The molecular formula is C14H20N2O5. The average Bonchev–Trinajstić information content (AvgIpc) is 2.90. The molecule has 0 saturated heterocycles. The Balaban J connectivity index is 1.90. The van der Waals surface area contributed by atoms with Crippen molar-refractivity contribution in [2.75, 3.05) is 6.54 Å². The topological polar surface area (TPSA) is 106 Å². The van der Waals surface area contributed by atoms with Gasteiger partial charge >= 0.3 is 5.88 Å². The summed E-state index contributed by atoms with van der Waals surface area (Å²) in [4.78, 5) is 21.6. The van der Waals surface area contributed by atoms with Crippen molar-refractivity contribution in [3.63, 3.8) is 0 Å². The SMILES string of the molecule is CC1(C)CCC(O)(CNC(=O)c2ccc([N+](=O)[O-])o2)CC1. The molecule has 1 aliphatic carbocycles. The van der Waals surface area contributed by atoms with Crippen LogP contribution in [-0.4, -0.2) is 28.1 Å². The molecule has 0 radical (unpaired) electrons. The van der Waals surface area contributed by atoms with Crippen molar-refractivity contribution >= 4 is 11.8 Å². The van der Waals surface area contributed by atoms with E-state index in [-0.39, 0.29) is 17.7 Å². The van der Waals surface area contributed by atoms with Gasteiger partial charge in [-0.2, -0.15) is 0 Å². The summed E-state index contributed by atoms with van der Waals surface area (Å²) in [6, 6.07) is 2.38. The highest BCUT2D eigenvalue weighted by atomic mass is 16.6. The molecule has 0 unspecified atom stereocenters. The molecule has 7 nitrogen and oxygen atoms in total. The Morgan fingerprint density at radius 2 is 2.00 bits per heavy atom. The molecule has 0 aromatic carbocycles. The maximum atomic E-state index is 11.9. The monoisotopic (exact) mass is 296 g/mol. The van der Waals surface area contributed by atoms with E-state index >= 15 is 0 Å². The molecule has 2 rings (SSSR count). The molecule has 1 fully saturated rings. The zero-order valence-corrected chi connectivity index (χ0v) is 12.2. The number of nitro groups is 1. The highest BCUT2D eigenvalue weighted by Crippen LogP contribution is 2.39. The van der Waals surface area contributed by atoms with Crippen molar-refractivity contribution in [3.05, 3.63) is 28.0 Å². The third-order valence-corrected chi connectivity index (χ3v) is 4.11. The first-order valence-corrected chi connectivity index (χ1v) is 6.96. The zero-order chi connectivity index (χ0) is 15.7. The van der Waals surface area contributed by atoms with Crippen LogP contribution >= 0.6 is 0 Å². The van der Waals surface area contributed by atoms with E-state index < -0.39 is 22.3 Å². The third kappa shape index (κ3) is 3.81. The lowest BCUT2D eigenvalue weighted by molar-refractivity contribution is -0.402. The van der Waals surface area contributed by atoms with E-state index in [2.05, 4.69) is 19.2 Å². The van der Waals surface area contributed by atoms with Gasteiger partial charge in [-0.3, -0.25) is 14.9 Å². The van der Waals surface area contributed by atoms with Crippen molar-refractivity contribution in [1.29, 1.82) is 0 Å². The largest absolute Gasteiger partial charge is 0.433 e. The predicted molar refractivity (Wildman–Crippen MR) is 74.9 cm³/mol. The smallest absolute Gasteiger partial charge is 0.395 e. The van der Waals surface area contributed by atoms with Crippen molar-refractivity contribution < 1.29 is 19.2 Å². The first-order valence-electron chi connectivity index (χ1n) is 6.96. The summed E-state index contributed by atoms with van der Waals surface area (Å²) in [5, 5.41) is 23.5. The first kappa shape index (κ1) is 15.5. The second-order valence-corrected chi connectivity index (χ2v) is 6.47. The Morgan fingerprint density at radius 3 is 2.52 bits per heavy atom. The van der Waals surface area contributed by atoms with Gasteiger partial charge in [-0.15, -0.1) is 0 Å². The summed E-state index contributed by atoms with van der Waals surface area (Å²) in [5.74, 6) is -1.15. The Bertz CT molecular complexity index is 539. The molecule has 0 atom stereocenters. The summed E-state index contributed by atoms with van der Waals surface area (Å²) in [7, 11) is 0. The molecule has 0 bridgehead atoms. The fourth-order valence-electron chi connectivity index (χ4n) is 2.45. The van der Waals surface area contributed by atoms with Crippen LogP contribution in [0.1, 0.15) is 50.1 Å². The Kier molecular flexibility index (Phi) is 4.04. The lowest BCUT2D eigenvalue weighted by atomic mass is 9.71. The standard InChI is InChI=1S/C14H20N2O5/c1-13(2)5-7-14(18,8-6-13)9-15-12(17)10-3-4-11(21-10)16(19)20/h3-4,18H,5-9H2,1-2H3,(H,15,17). The van der Waals surface area contributed by atoms with Crippen LogP contribution < -0.4 is 5.32 Å². The van der Waals surface area contributed by atoms with Crippen molar-refractivity contribution in [3.8, 4) is 0 Å². The van der Waals surface area contributed by atoms with Gasteiger partial charge in [-0.25, -0.2) is 0 Å². The Labute approximate surface area is 122 Å². The molecule has 1 aromatic heterocycles. The van der Waals surface area contributed by atoms with Gasteiger partial charge in [0.15, 0.2) is 5.76 Å². The normalized spacial score (nSPS) is 20.0. The quantitative estimate of drug-likeness (QED) is 0.654. The van der Waals surface area contributed by atoms with Gasteiger partial charge < -0.3 is 14.8 Å². The van der Waals surface area contributed by atoms with E-state index in [1.807, 2.05) is 0 Å². The van der Waals surface area contributed by atoms with Crippen LogP contribution in [0.15, 0.2) is 16.5 Å². The van der Waals surface area contributed by atoms with Crippen LogP contribution in [0, 0.1) is 15.5 Å². The minimum Gasteiger partial charge on any atom is -0.395 e. The van der Waals surface area contributed by atoms with Gasteiger partial charge in [0.2, 0.25) is 0 Å². The number of nitrogens with zero attached hydrogens (tertiary/aromatic N) is 1. The van der Waals surface area contributed by atoms with Crippen LogP contribution in [-0.2, 0) is 0 Å². The van der Waals surface area contributed by atoms with E-state index in [4.69, 9.17) is 4.42 Å². The predicted octanol–water partition coefficient (Wildman–Crippen LogP) is 2.25. The first-order chi connectivity index (χ1) is 9.71. The van der Waals surface area contributed by atoms with Crippen LogP contribution in [0.4, 0.5) is 5.88 Å². The molecule has 116 valence electrons. The highest BCUT2D eigenvalue weighted by molar-refractivity contribution is 5.91. The van der Waals surface area contributed by atoms with E-state index in [0.29, 0.717) is 12.8 Å². The number of nitrogens with one attached hydrogen (secondary N) is 1. The highest BCUT2D eigenvalue weighted by Gasteiger charge is 2.37. The molecule has 1 amide bonds. The fourth-order valence-corrected chi connectivity index (χ4v) is 2.45. The van der Waals surface area contributed by atoms with Crippen LogP contribution in [0.25, 0.3) is 0 Å². The fraction of sp³-hybridized carbons (Fsp3) is 0.643. The van der Waals surface area contributed by atoms with Crippen LogP contribution in [0.5, 0.6) is 0 Å². The number of hydrogen-bond acceptors (Lipinski definition) is 5. The summed E-state index contributed by atoms with van der Waals surface area (Å²) >= 11 is 0. The van der Waals surface area contributed by atoms with Crippen LogP contribution in [0.3, 0.4) is 0 Å². The summed E-state index contributed by atoms with van der Waals surface area (Å²) in [5.41, 5.74) is -0.693. The van der Waals surface area contributed by atoms with Crippen molar-refractivity contribution in [2.24, 2.45) is 5.41 Å². The van der Waals surface area contributed by atoms with E-state index in [0.717, 1.165) is 18.9 Å². The molecule has 0 aliphatic heterocycles. The van der Waals surface area contributed by atoms with Gasteiger partial charge in [0.25, 0.3) is 5.91 Å². The van der Waals surface area contributed by atoms with Crippen molar-refractivity contribution in [1.82, 2.24) is 5.32 Å². The minimum atomic E-state index is -0.913. The molecule has 1 aromatic rings. The lowest BCUT2D eigenvalue weighted by Crippen LogP contribution is -2.46. The van der Waals surface area contributed by atoms with E-state index in [1.165, 1.54) is 6.07 Å². The number of hydrogen-bond donors (Lipinski definition) is 2. The average molecular weight is 296 g/mol. The van der Waals surface area contributed by atoms with Gasteiger partial charge in [-0.1, -0.05) is 13.8 Å². The molecule has 7 heteroatoms. The lowest BCUT2D eigenvalue weighted by Gasteiger charge is -2.40. The molecule has 21 heavy (non-hydrogen) atoms. The van der Waals surface area contributed by atoms with E-state index in [1.54, 1.807) is 0 Å². The van der Waals surface area contributed by atoms with Gasteiger partial charge in [0.1, 0.15) is 4.92 Å². The molecule has 1 heterocycles. The van der Waals surface area contributed by atoms with E-state index in [9.17, 15) is 20.0 Å². The number of rotatable bonds is 4. The Morgan fingerprint density at radius 1 is 1.38 bits per heavy atom. The van der Waals surface area contributed by atoms with Crippen LogP contribution in [0.2, 0.25) is 0 Å². The minimum absolute atomic E-state index is 0.121.